The lowest BCUT2D eigenvalue weighted by Crippen LogP contribution is -2.06. The summed E-state index contributed by atoms with van der Waals surface area (Å²) in [6.45, 7) is -0.198. The van der Waals surface area contributed by atoms with E-state index >= 15 is 0 Å². The van der Waals surface area contributed by atoms with Gasteiger partial charge in [0, 0.05) is 11.3 Å². The maximum Gasteiger partial charge on any atom is 0.341 e. The highest BCUT2D eigenvalue weighted by atomic mass is 35.5. The van der Waals surface area contributed by atoms with Crippen LogP contribution in [0.15, 0.2) is 36.4 Å². The lowest BCUT2D eigenvalue weighted by atomic mass is 10.1. The first-order valence-corrected chi connectivity index (χ1v) is 6.48. The number of carbonyl (C=O) groups is 1. The van der Waals surface area contributed by atoms with Gasteiger partial charge in [0.25, 0.3) is 0 Å². The van der Waals surface area contributed by atoms with Crippen LogP contribution in [0.1, 0.15) is 15.9 Å². The van der Waals surface area contributed by atoms with Gasteiger partial charge in [-0.15, -0.1) is 0 Å². The van der Waals surface area contributed by atoms with Crippen molar-refractivity contribution in [3.8, 4) is 11.5 Å². The van der Waals surface area contributed by atoms with Gasteiger partial charge in [-0.3, -0.25) is 0 Å². The molecule has 6 heteroatoms. The topological polar surface area (TPSA) is 81.8 Å². The third-order valence-corrected chi connectivity index (χ3v) is 3.11. The third-order valence-electron chi connectivity index (χ3n) is 2.83. The highest BCUT2D eigenvalue weighted by Gasteiger charge is 2.19. The molecule has 0 radical (unpaired) electrons. The van der Waals surface area contributed by atoms with Crippen LogP contribution in [0.2, 0.25) is 5.02 Å². The van der Waals surface area contributed by atoms with E-state index in [1.807, 2.05) is 0 Å². The van der Waals surface area contributed by atoms with Gasteiger partial charge in [0.1, 0.15) is 11.3 Å². The van der Waals surface area contributed by atoms with Crippen LogP contribution in [-0.2, 0) is 11.3 Å². The summed E-state index contributed by atoms with van der Waals surface area (Å²) in [5.41, 5.74) is 6.70. The molecule has 2 aromatic carbocycles. The molecule has 110 valence electrons. The number of aliphatic hydroxyl groups excluding tert-OH is 1. The first-order chi connectivity index (χ1) is 10.1. The summed E-state index contributed by atoms with van der Waals surface area (Å²) in [4.78, 5) is 11.8. The second-order valence-electron chi connectivity index (χ2n) is 4.24. The van der Waals surface area contributed by atoms with Gasteiger partial charge in [-0.05, 0) is 18.2 Å². The first kappa shape index (κ1) is 15.2. The van der Waals surface area contributed by atoms with E-state index in [2.05, 4.69) is 0 Å². The molecule has 0 aliphatic carbocycles. The van der Waals surface area contributed by atoms with E-state index < -0.39 is 5.97 Å². The lowest BCUT2D eigenvalue weighted by Gasteiger charge is -2.14. The molecule has 2 aromatic rings. The Morgan fingerprint density at radius 3 is 2.71 bits per heavy atom. The molecule has 0 aliphatic heterocycles. The predicted molar refractivity (Wildman–Crippen MR) is 79.6 cm³/mol. The summed E-state index contributed by atoms with van der Waals surface area (Å²) in [5, 5.41) is 9.49. The number of methoxy groups -OCH3 is 1. The molecule has 0 heterocycles. The zero-order valence-electron chi connectivity index (χ0n) is 11.3. The Morgan fingerprint density at radius 2 is 2.05 bits per heavy atom. The minimum atomic E-state index is -0.610. The number of nitrogens with two attached hydrogens (primary N) is 1. The smallest absolute Gasteiger partial charge is 0.341 e. The van der Waals surface area contributed by atoms with E-state index in [1.54, 1.807) is 24.3 Å². The van der Waals surface area contributed by atoms with Crippen molar-refractivity contribution < 1.29 is 19.4 Å². The predicted octanol–water partition coefficient (Wildman–Crippen LogP) is 2.99. The van der Waals surface area contributed by atoms with Gasteiger partial charge in [0.2, 0.25) is 0 Å². The number of ether oxygens (including phenoxy) is 2. The number of rotatable bonds is 4. The molecular formula is C15H14ClNO4. The van der Waals surface area contributed by atoms with Crippen LogP contribution in [0.25, 0.3) is 0 Å². The molecule has 0 saturated heterocycles. The van der Waals surface area contributed by atoms with Crippen molar-refractivity contribution in [2.75, 3.05) is 12.8 Å². The van der Waals surface area contributed by atoms with Crippen molar-refractivity contribution in [2.45, 2.75) is 6.61 Å². The van der Waals surface area contributed by atoms with Gasteiger partial charge < -0.3 is 20.3 Å². The summed E-state index contributed by atoms with van der Waals surface area (Å²) < 4.78 is 10.4. The van der Waals surface area contributed by atoms with E-state index in [0.29, 0.717) is 17.0 Å². The molecule has 21 heavy (non-hydrogen) atoms. The van der Waals surface area contributed by atoms with E-state index in [1.165, 1.54) is 19.2 Å². The van der Waals surface area contributed by atoms with Gasteiger partial charge in [-0.1, -0.05) is 29.8 Å². The van der Waals surface area contributed by atoms with Crippen LogP contribution in [0.3, 0.4) is 0 Å². The van der Waals surface area contributed by atoms with Gasteiger partial charge in [0.15, 0.2) is 5.75 Å². The molecule has 0 spiro atoms. The Labute approximate surface area is 126 Å². The zero-order valence-corrected chi connectivity index (χ0v) is 12.1. The molecule has 0 bridgehead atoms. The second kappa shape index (κ2) is 6.47. The Bertz CT molecular complexity index is 673. The minimum absolute atomic E-state index is 0.121. The zero-order chi connectivity index (χ0) is 15.4. The van der Waals surface area contributed by atoms with Crippen LogP contribution < -0.4 is 10.5 Å². The van der Waals surface area contributed by atoms with E-state index in [4.69, 9.17) is 26.8 Å². The highest BCUT2D eigenvalue weighted by molar-refractivity contribution is 6.33. The SMILES string of the molecule is COC(=O)c1cc(N)cc(Cl)c1Oc1ccccc1CO. The average Bonchev–Trinajstić information content (AvgIpc) is 2.49. The lowest BCUT2D eigenvalue weighted by molar-refractivity contribution is 0.0598. The van der Waals surface area contributed by atoms with Crippen molar-refractivity contribution in [1.29, 1.82) is 0 Å². The number of esters is 1. The monoisotopic (exact) mass is 307 g/mol. The fourth-order valence-electron chi connectivity index (χ4n) is 1.82. The molecule has 0 aromatic heterocycles. The molecule has 3 N–H and O–H groups in total. The standard InChI is InChI=1S/C15H14ClNO4/c1-20-15(19)11-6-10(17)7-12(16)14(11)21-13-5-3-2-4-9(13)8-18/h2-7,18H,8,17H2,1H3. The van der Waals surface area contributed by atoms with Crippen molar-refractivity contribution in [3.63, 3.8) is 0 Å². The van der Waals surface area contributed by atoms with Crippen molar-refractivity contribution in [2.24, 2.45) is 0 Å². The largest absolute Gasteiger partial charge is 0.465 e. The Morgan fingerprint density at radius 1 is 1.33 bits per heavy atom. The highest BCUT2D eigenvalue weighted by Crippen LogP contribution is 2.36. The Kier molecular flexibility index (Phi) is 4.67. The third kappa shape index (κ3) is 3.26. The molecule has 0 saturated carbocycles. The van der Waals surface area contributed by atoms with Gasteiger partial charge in [0.05, 0.1) is 18.7 Å². The quantitative estimate of drug-likeness (QED) is 0.670. The van der Waals surface area contributed by atoms with Gasteiger partial charge >= 0.3 is 5.97 Å². The van der Waals surface area contributed by atoms with Gasteiger partial charge in [-0.25, -0.2) is 4.79 Å². The van der Waals surface area contributed by atoms with Crippen LogP contribution in [0, 0.1) is 0 Å². The summed E-state index contributed by atoms with van der Waals surface area (Å²) in [5.74, 6) is -0.0730. The molecule has 2 rings (SSSR count). The summed E-state index contributed by atoms with van der Waals surface area (Å²) in [7, 11) is 1.25. The first-order valence-electron chi connectivity index (χ1n) is 6.10. The summed E-state index contributed by atoms with van der Waals surface area (Å²) in [6, 6.07) is 9.79. The van der Waals surface area contributed by atoms with Crippen LogP contribution in [0.5, 0.6) is 11.5 Å². The van der Waals surface area contributed by atoms with E-state index in [-0.39, 0.29) is 22.9 Å². The van der Waals surface area contributed by atoms with Crippen LogP contribution >= 0.6 is 11.6 Å². The number of carbonyl (C=O) groups excluding carboxylic acids is 1. The van der Waals surface area contributed by atoms with Crippen molar-refractivity contribution >= 4 is 23.3 Å². The number of halogens is 1. The number of para-hydroxylation sites is 1. The molecule has 0 amide bonds. The fourth-order valence-corrected chi connectivity index (χ4v) is 2.09. The van der Waals surface area contributed by atoms with Crippen molar-refractivity contribution in [3.05, 3.63) is 52.5 Å². The molecule has 0 atom stereocenters. The molecule has 0 fully saturated rings. The normalized spacial score (nSPS) is 10.2. The number of hydrogen-bond acceptors (Lipinski definition) is 5. The van der Waals surface area contributed by atoms with E-state index in [9.17, 15) is 9.90 Å². The van der Waals surface area contributed by atoms with Crippen molar-refractivity contribution in [1.82, 2.24) is 0 Å². The Balaban J connectivity index is 2.50. The minimum Gasteiger partial charge on any atom is -0.465 e. The summed E-state index contributed by atoms with van der Waals surface area (Å²) in [6.07, 6.45) is 0. The van der Waals surface area contributed by atoms with Crippen LogP contribution in [0.4, 0.5) is 5.69 Å². The molecular weight excluding hydrogens is 294 g/mol. The van der Waals surface area contributed by atoms with E-state index in [0.717, 1.165) is 0 Å². The van der Waals surface area contributed by atoms with Crippen LogP contribution in [-0.4, -0.2) is 18.2 Å². The number of benzene rings is 2. The summed E-state index contributed by atoms with van der Waals surface area (Å²) >= 11 is 6.11. The molecule has 5 nitrogen and oxygen atoms in total. The fraction of sp³-hybridized carbons (Fsp3) is 0.133. The number of nitrogen functional groups attached to an aromatic ring is 1. The Hall–Kier alpha value is -2.24. The number of hydrogen-bond donors (Lipinski definition) is 2. The number of anilines is 1. The maximum absolute atomic E-state index is 11.8. The maximum atomic E-state index is 11.8. The molecule has 0 unspecified atom stereocenters. The number of aliphatic hydroxyl groups is 1. The van der Waals surface area contributed by atoms with Gasteiger partial charge in [-0.2, -0.15) is 0 Å². The molecule has 0 aliphatic rings. The average molecular weight is 308 g/mol. The second-order valence-corrected chi connectivity index (χ2v) is 4.65.